The predicted molar refractivity (Wildman–Crippen MR) is 95.7 cm³/mol. The van der Waals surface area contributed by atoms with Gasteiger partial charge in [0.15, 0.2) is 5.82 Å². The lowest BCUT2D eigenvalue weighted by atomic mass is 10.1. The zero-order chi connectivity index (χ0) is 16.4. The number of aryl methyl sites for hydroxylation is 1. The number of nitrogens with one attached hydrogen (secondary N) is 1. The summed E-state index contributed by atoms with van der Waals surface area (Å²) in [5.74, 6) is 1.56. The van der Waals surface area contributed by atoms with Gasteiger partial charge in [0.25, 0.3) is 0 Å². The molecule has 2 heterocycles. The monoisotopic (exact) mass is 316 g/mol. The minimum Gasteiger partial charge on any atom is -0.381 e. The van der Waals surface area contributed by atoms with Crippen LogP contribution in [0.2, 0.25) is 0 Å². The average Bonchev–Trinajstić information content (AvgIpc) is 3.46. The van der Waals surface area contributed by atoms with E-state index in [-0.39, 0.29) is 0 Å². The minimum absolute atomic E-state index is 0.699. The van der Waals surface area contributed by atoms with Gasteiger partial charge in [0, 0.05) is 47.6 Å². The highest BCUT2D eigenvalue weighted by molar-refractivity contribution is 5.55. The molecule has 24 heavy (non-hydrogen) atoms. The molecule has 4 heteroatoms. The summed E-state index contributed by atoms with van der Waals surface area (Å²) in [6.07, 6.45) is 8.24. The molecule has 4 rings (SSSR count). The van der Waals surface area contributed by atoms with E-state index in [1.807, 2.05) is 37.6 Å². The molecule has 0 aliphatic heterocycles. The molecular weight excluding hydrogens is 296 g/mol. The first-order valence-electron chi connectivity index (χ1n) is 8.36. The smallest absolute Gasteiger partial charge is 0.159 e. The number of rotatable bonds is 5. The van der Waals surface area contributed by atoms with E-state index in [1.165, 1.54) is 18.4 Å². The Balaban J connectivity index is 1.42. The first-order chi connectivity index (χ1) is 11.8. The first-order valence-corrected chi connectivity index (χ1v) is 8.36. The zero-order valence-electron chi connectivity index (χ0n) is 13.7. The quantitative estimate of drug-likeness (QED) is 0.761. The molecule has 1 fully saturated rings. The van der Waals surface area contributed by atoms with Crippen molar-refractivity contribution < 1.29 is 0 Å². The predicted octanol–water partition coefficient (Wildman–Crippen LogP) is 4.34. The van der Waals surface area contributed by atoms with Crippen molar-refractivity contribution in [3.05, 3.63) is 71.8 Å². The Labute approximate surface area is 142 Å². The van der Waals surface area contributed by atoms with Crippen LogP contribution in [-0.4, -0.2) is 15.0 Å². The number of hydrogen-bond donors (Lipinski definition) is 1. The second-order valence-electron chi connectivity index (χ2n) is 6.35. The van der Waals surface area contributed by atoms with E-state index < -0.39 is 0 Å². The topological polar surface area (TPSA) is 50.7 Å². The van der Waals surface area contributed by atoms with E-state index in [9.17, 15) is 0 Å². The van der Waals surface area contributed by atoms with Gasteiger partial charge in [-0.2, -0.15) is 0 Å². The number of hydrogen-bond acceptors (Lipinski definition) is 4. The van der Waals surface area contributed by atoms with Crippen LogP contribution in [0.4, 0.5) is 5.69 Å². The van der Waals surface area contributed by atoms with Crippen LogP contribution >= 0.6 is 0 Å². The summed E-state index contributed by atoms with van der Waals surface area (Å²) in [5.41, 5.74) is 5.63. The van der Waals surface area contributed by atoms with Crippen LogP contribution in [0.3, 0.4) is 0 Å². The Hall–Kier alpha value is -2.75. The van der Waals surface area contributed by atoms with E-state index in [0.717, 1.165) is 34.3 Å². The van der Waals surface area contributed by atoms with Crippen LogP contribution in [-0.2, 0) is 6.54 Å². The van der Waals surface area contributed by atoms with Gasteiger partial charge in [-0.3, -0.25) is 4.98 Å². The molecule has 2 aromatic heterocycles. The highest BCUT2D eigenvalue weighted by Gasteiger charge is 2.23. The van der Waals surface area contributed by atoms with Gasteiger partial charge in [0.2, 0.25) is 0 Å². The molecule has 1 aromatic carbocycles. The fourth-order valence-electron chi connectivity index (χ4n) is 2.78. The van der Waals surface area contributed by atoms with Crippen molar-refractivity contribution in [2.45, 2.75) is 32.2 Å². The lowest BCUT2D eigenvalue weighted by molar-refractivity contribution is 1.05. The molecule has 0 unspecified atom stereocenters. The molecule has 0 radical (unpaired) electrons. The molecule has 0 saturated heterocycles. The van der Waals surface area contributed by atoms with Crippen molar-refractivity contribution in [1.29, 1.82) is 0 Å². The van der Waals surface area contributed by atoms with Crippen LogP contribution < -0.4 is 5.32 Å². The normalized spacial score (nSPS) is 13.7. The lowest BCUT2D eigenvalue weighted by Gasteiger charge is -2.07. The standard InChI is InChI=1S/C20H20N4/c1-14-10-19(8-9-21-14)22-11-15-12-23-20(24-13-15)18-6-4-17(5-7-18)16-2-3-16/h4-10,12-13,16H,2-3,11H2,1H3,(H,21,22). The van der Waals surface area contributed by atoms with E-state index >= 15 is 0 Å². The van der Waals surface area contributed by atoms with Crippen molar-refractivity contribution in [3.63, 3.8) is 0 Å². The van der Waals surface area contributed by atoms with Gasteiger partial charge in [-0.25, -0.2) is 9.97 Å². The minimum atomic E-state index is 0.699. The van der Waals surface area contributed by atoms with Gasteiger partial charge in [-0.05, 0) is 43.4 Å². The molecule has 1 aliphatic carbocycles. The molecule has 3 aromatic rings. The third-order valence-electron chi connectivity index (χ3n) is 4.32. The Morgan fingerprint density at radius 2 is 1.75 bits per heavy atom. The number of nitrogens with zero attached hydrogens (tertiary/aromatic N) is 3. The van der Waals surface area contributed by atoms with Gasteiger partial charge in [-0.1, -0.05) is 24.3 Å². The Kier molecular flexibility index (Phi) is 3.95. The van der Waals surface area contributed by atoms with Crippen LogP contribution in [0.5, 0.6) is 0 Å². The molecule has 0 bridgehead atoms. The van der Waals surface area contributed by atoms with Gasteiger partial charge in [-0.15, -0.1) is 0 Å². The van der Waals surface area contributed by atoms with Crippen molar-refractivity contribution in [2.75, 3.05) is 5.32 Å². The summed E-state index contributed by atoms with van der Waals surface area (Å²) in [5, 5.41) is 3.37. The SMILES string of the molecule is Cc1cc(NCc2cnc(-c3ccc(C4CC4)cc3)nc2)ccn1. The highest BCUT2D eigenvalue weighted by Crippen LogP contribution is 2.40. The molecule has 120 valence electrons. The summed E-state index contributed by atoms with van der Waals surface area (Å²) >= 11 is 0. The van der Waals surface area contributed by atoms with Gasteiger partial charge >= 0.3 is 0 Å². The number of benzene rings is 1. The second-order valence-corrected chi connectivity index (χ2v) is 6.35. The van der Waals surface area contributed by atoms with Crippen LogP contribution in [0.15, 0.2) is 55.0 Å². The number of pyridine rings is 1. The van der Waals surface area contributed by atoms with Gasteiger partial charge in [0.1, 0.15) is 0 Å². The Bertz CT molecular complexity index is 821. The third kappa shape index (κ3) is 3.43. The fourth-order valence-corrected chi connectivity index (χ4v) is 2.78. The third-order valence-corrected chi connectivity index (χ3v) is 4.32. The summed E-state index contributed by atoms with van der Waals surface area (Å²) in [6, 6.07) is 12.6. The molecule has 0 spiro atoms. The summed E-state index contributed by atoms with van der Waals surface area (Å²) in [4.78, 5) is 13.2. The summed E-state index contributed by atoms with van der Waals surface area (Å²) in [6.45, 7) is 2.68. The molecule has 1 saturated carbocycles. The highest BCUT2D eigenvalue weighted by atomic mass is 14.9. The molecular formula is C20H20N4. The molecule has 1 aliphatic rings. The zero-order valence-corrected chi connectivity index (χ0v) is 13.7. The van der Waals surface area contributed by atoms with E-state index in [2.05, 4.69) is 44.5 Å². The van der Waals surface area contributed by atoms with Crippen molar-refractivity contribution in [1.82, 2.24) is 15.0 Å². The van der Waals surface area contributed by atoms with E-state index in [1.54, 1.807) is 0 Å². The van der Waals surface area contributed by atoms with Crippen molar-refractivity contribution in [3.8, 4) is 11.4 Å². The fraction of sp³-hybridized carbons (Fsp3) is 0.250. The van der Waals surface area contributed by atoms with Crippen LogP contribution in [0.1, 0.15) is 35.6 Å². The largest absolute Gasteiger partial charge is 0.381 e. The van der Waals surface area contributed by atoms with Gasteiger partial charge in [0.05, 0.1) is 0 Å². The van der Waals surface area contributed by atoms with E-state index in [4.69, 9.17) is 0 Å². The van der Waals surface area contributed by atoms with Gasteiger partial charge < -0.3 is 5.32 Å². The maximum atomic E-state index is 4.51. The first kappa shape index (κ1) is 14.8. The maximum Gasteiger partial charge on any atom is 0.159 e. The van der Waals surface area contributed by atoms with Crippen molar-refractivity contribution in [2.24, 2.45) is 0 Å². The number of anilines is 1. The molecule has 4 nitrogen and oxygen atoms in total. The second kappa shape index (κ2) is 6.40. The van der Waals surface area contributed by atoms with E-state index in [0.29, 0.717) is 6.54 Å². The maximum absolute atomic E-state index is 4.51. The summed E-state index contributed by atoms with van der Waals surface area (Å²) in [7, 11) is 0. The van der Waals surface area contributed by atoms with Crippen molar-refractivity contribution >= 4 is 5.69 Å². The Morgan fingerprint density at radius 3 is 2.42 bits per heavy atom. The molecule has 0 amide bonds. The molecule has 1 N–H and O–H groups in total. The van der Waals surface area contributed by atoms with Crippen LogP contribution in [0.25, 0.3) is 11.4 Å². The average molecular weight is 316 g/mol. The Morgan fingerprint density at radius 1 is 1.00 bits per heavy atom. The summed E-state index contributed by atoms with van der Waals surface area (Å²) < 4.78 is 0. The molecule has 0 atom stereocenters. The van der Waals surface area contributed by atoms with Crippen LogP contribution in [0, 0.1) is 6.92 Å². The lowest BCUT2D eigenvalue weighted by Crippen LogP contribution is -2.01. The number of aromatic nitrogens is 3.